The number of alkyl halides is 3. The number of hydrogen-bond acceptors (Lipinski definition) is 2. The Hall–Kier alpha value is 0.01000. The largest absolute Gasteiger partial charge is 0.239 e. The van der Waals surface area contributed by atoms with Crippen molar-refractivity contribution < 1.29 is 9.78 Å². The summed E-state index contributed by atoms with van der Waals surface area (Å²) in [5.41, 5.74) is 0.745. The molecule has 0 fully saturated rings. The van der Waals surface area contributed by atoms with Crippen LogP contribution in [0.5, 0.6) is 0 Å². The molecule has 1 aromatic rings. The van der Waals surface area contributed by atoms with Gasteiger partial charge in [0.15, 0.2) is 6.10 Å². The molecule has 1 atom stereocenters. The third-order valence-electron chi connectivity index (χ3n) is 1.59. The smallest absolute Gasteiger partial charge is 0.223 e. The van der Waals surface area contributed by atoms with Gasteiger partial charge in [-0.1, -0.05) is 65.1 Å². The number of benzene rings is 1. The van der Waals surface area contributed by atoms with Crippen LogP contribution < -0.4 is 0 Å². The molecule has 1 unspecified atom stereocenters. The van der Waals surface area contributed by atoms with E-state index in [0.29, 0.717) is 0 Å². The molecule has 0 saturated heterocycles. The Bertz CT molecular complexity index is 271. The molecule has 0 aliphatic carbocycles. The van der Waals surface area contributed by atoms with Gasteiger partial charge in [0, 0.05) is 0 Å². The fourth-order valence-electron chi connectivity index (χ4n) is 1.02. The van der Waals surface area contributed by atoms with E-state index in [0.717, 1.165) is 5.56 Å². The number of rotatable bonds is 3. The fourth-order valence-corrected chi connectivity index (χ4v) is 1.51. The lowest BCUT2D eigenvalue weighted by molar-refractivity contribution is -0.306. The van der Waals surface area contributed by atoms with Crippen LogP contribution in [0.2, 0.25) is 0 Å². The molecule has 0 spiro atoms. The van der Waals surface area contributed by atoms with E-state index in [2.05, 4.69) is 4.89 Å². The van der Waals surface area contributed by atoms with Crippen LogP contribution in [0, 0.1) is 0 Å². The first-order valence-electron chi connectivity index (χ1n) is 3.87. The Labute approximate surface area is 97.6 Å². The molecular weight excluding hydrogens is 246 g/mol. The standard InChI is InChI=1S/C9H9Cl3O2/c1-13-14-8(9(10,11)12)7-5-3-2-4-6-7/h2-6,8H,1H3. The predicted octanol–water partition coefficient (Wildman–Crippen LogP) is 3.68. The van der Waals surface area contributed by atoms with Crippen LogP contribution in [-0.4, -0.2) is 10.9 Å². The quantitative estimate of drug-likeness (QED) is 0.466. The molecule has 0 heterocycles. The van der Waals surface area contributed by atoms with Crippen LogP contribution >= 0.6 is 34.8 Å². The summed E-state index contributed by atoms with van der Waals surface area (Å²) in [5, 5.41) is 0. The lowest BCUT2D eigenvalue weighted by atomic mass is 10.1. The molecule has 78 valence electrons. The van der Waals surface area contributed by atoms with Crippen molar-refractivity contribution in [1.82, 2.24) is 0 Å². The molecule has 0 bridgehead atoms. The summed E-state index contributed by atoms with van der Waals surface area (Å²) in [7, 11) is 1.37. The van der Waals surface area contributed by atoms with Crippen molar-refractivity contribution in [3.8, 4) is 0 Å². The second-order valence-corrected chi connectivity index (χ2v) is 4.96. The highest BCUT2D eigenvalue weighted by Gasteiger charge is 2.35. The van der Waals surface area contributed by atoms with Gasteiger partial charge in [-0.05, 0) is 5.56 Å². The summed E-state index contributed by atoms with van der Waals surface area (Å²) >= 11 is 17.2. The summed E-state index contributed by atoms with van der Waals surface area (Å²) in [6.45, 7) is 0. The van der Waals surface area contributed by atoms with Crippen LogP contribution in [0.4, 0.5) is 0 Å². The zero-order valence-electron chi connectivity index (χ0n) is 7.41. The molecular formula is C9H9Cl3O2. The average Bonchev–Trinajstić information content (AvgIpc) is 2.14. The van der Waals surface area contributed by atoms with Crippen LogP contribution in [0.1, 0.15) is 11.7 Å². The Kier molecular flexibility index (Phi) is 4.48. The van der Waals surface area contributed by atoms with E-state index in [9.17, 15) is 0 Å². The summed E-state index contributed by atoms with van der Waals surface area (Å²) in [6.07, 6.45) is -0.737. The highest BCUT2D eigenvalue weighted by atomic mass is 35.6. The van der Waals surface area contributed by atoms with Gasteiger partial charge in [0.1, 0.15) is 0 Å². The van der Waals surface area contributed by atoms with E-state index >= 15 is 0 Å². The van der Waals surface area contributed by atoms with Crippen molar-refractivity contribution in [2.24, 2.45) is 0 Å². The summed E-state index contributed by atoms with van der Waals surface area (Å²) < 4.78 is -1.56. The van der Waals surface area contributed by atoms with Gasteiger partial charge in [0.05, 0.1) is 7.11 Å². The zero-order chi connectivity index (χ0) is 10.6. The van der Waals surface area contributed by atoms with Gasteiger partial charge in [-0.15, -0.1) is 0 Å². The normalized spacial score (nSPS) is 14.0. The molecule has 0 amide bonds. The summed E-state index contributed by atoms with van der Waals surface area (Å²) in [5.74, 6) is 0. The van der Waals surface area contributed by atoms with Gasteiger partial charge in [-0.3, -0.25) is 0 Å². The molecule has 1 rings (SSSR count). The van der Waals surface area contributed by atoms with Crippen molar-refractivity contribution in [3.63, 3.8) is 0 Å². The number of hydrogen-bond donors (Lipinski definition) is 0. The molecule has 0 aliphatic heterocycles. The van der Waals surface area contributed by atoms with Crippen molar-refractivity contribution >= 4 is 34.8 Å². The van der Waals surface area contributed by atoms with E-state index in [1.54, 1.807) is 12.1 Å². The van der Waals surface area contributed by atoms with Gasteiger partial charge < -0.3 is 0 Å². The maximum atomic E-state index is 5.74. The van der Waals surface area contributed by atoms with Crippen molar-refractivity contribution in [2.45, 2.75) is 9.90 Å². The van der Waals surface area contributed by atoms with Crippen molar-refractivity contribution in [3.05, 3.63) is 35.9 Å². The van der Waals surface area contributed by atoms with Crippen LogP contribution in [0.3, 0.4) is 0 Å². The maximum absolute atomic E-state index is 5.74. The minimum absolute atomic E-state index is 0.737. The lowest BCUT2D eigenvalue weighted by Crippen LogP contribution is -2.19. The SMILES string of the molecule is COOC(c1ccccc1)C(Cl)(Cl)Cl. The first kappa shape index (κ1) is 12.1. The van der Waals surface area contributed by atoms with E-state index in [4.69, 9.17) is 39.7 Å². The third-order valence-corrected chi connectivity index (χ3v) is 2.19. The molecule has 0 aromatic heterocycles. The van der Waals surface area contributed by atoms with Gasteiger partial charge in [0.25, 0.3) is 0 Å². The molecule has 2 nitrogen and oxygen atoms in total. The van der Waals surface area contributed by atoms with Gasteiger partial charge in [0.2, 0.25) is 3.79 Å². The van der Waals surface area contributed by atoms with Gasteiger partial charge in [-0.25, -0.2) is 9.78 Å². The molecule has 0 saturated carbocycles. The Morgan fingerprint density at radius 2 is 1.71 bits per heavy atom. The molecule has 5 heteroatoms. The monoisotopic (exact) mass is 254 g/mol. The number of halogens is 3. The zero-order valence-corrected chi connectivity index (χ0v) is 9.68. The Morgan fingerprint density at radius 3 is 2.14 bits per heavy atom. The lowest BCUT2D eigenvalue weighted by Gasteiger charge is -2.22. The first-order chi connectivity index (χ1) is 6.55. The van der Waals surface area contributed by atoms with Crippen LogP contribution in [-0.2, 0) is 9.78 Å². The van der Waals surface area contributed by atoms with E-state index in [1.807, 2.05) is 18.2 Å². The molecule has 0 radical (unpaired) electrons. The highest BCUT2D eigenvalue weighted by Crippen LogP contribution is 2.42. The molecule has 0 aliphatic rings. The topological polar surface area (TPSA) is 18.5 Å². The minimum Gasteiger partial charge on any atom is -0.239 e. The maximum Gasteiger partial charge on any atom is 0.223 e. The van der Waals surface area contributed by atoms with E-state index in [1.165, 1.54) is 7.11 Å². The molecule has 0 N–H and O–H groups in total. The minimum atomic E-state index is -1.56. The molecule has 1 aromatic carbocycles. The summed E-state index contributed by atoms with van der Waals surface area (Å²) in [6, 6.07) is 9.12. The highest BCUT2D eigenvalue weighted by molar-refractivity contribution is 6.68. The average molecular weight is 256 g/mol. The molecule has 14 heavy (non-hydrogen) atoms. The second kappa shape index (κ2) is 5.19. The van der Waals surface area contributed by atoms with Crippen LogP contribution in [0.25, 0.3) is 0 Å². The fraction of sp³-hybridized carbons (Fsp3) is 0.333. The van der Waals surface area contributed by atoms with E-state index in [-0.39, 0.29) is 0 Å². The summed E-state index contributed by atoms with van der Waals surface area (Å²) in [4.78, 5) is 9.43. The third kappa shape index (κ3) is 3.30. The van der Waals surface area contributed by atoms with Gasteiger partial charge >= 0.3 is 0 Å². The second-order valence-electron chi connectivity index (χ2n) is 2.60. The first-order valence-corrected chi connectivity index (χ1v) is 5.00. The predicted molar refractivity (Wildman–Crippen MR) is 57.6 cm³/mol. The Morgan fingerprint density at radius 1 is 1.14 bits per heavy atom. The van der Waals surface area contributed by atoms with E-state index < -0.39 is 9.90 Å². The van der Waals surface area contributed by atoms with Gasteiger partial charge in [-0.2, -0.15) is 0 Å². The van der Waals surface area contributed by atoms with Crippen LogP contribution in [0.15, 0.2) is 30.3 Å². The Balaban J connectivity index is 2.89. The van der Waals surface area contributed by atoms with Crippen molar-refractivity contribution in [1.29, 1.82) is 0 Å². The van der Waals surface area contributed by atoms with Crippen molar-refractivity contribution in [2.75, 3.05) is 7.11 Å².